The Hall–Kier alpha value is -1.20. The van der Waals surface area contributed by atoms with Gasteiger partial charge in [0.1, 0.15) is 5.75 Å². The molecule has 2 N–H and O–H groups in total. The summed E-state index contributed by atoms with van der Waals surface area (Å²) in [5.74, 6) is 0.841. The molecule has 1 aliphatic rings. The maximum Gasteiger partial charge on any atom is 0.387 e. The predicted octanol–water partition coefficient (Wildman–Crippen LogP) is 3.07. The summed E-state index contributed by atoms with van der Waals surface area (Å²) in [6.45, 7) is 5.72. The number of hydrogen-bond acceptors (Lipinski definition) is 4. The van der Waals surface area contributed by atoms with Crippen molar-refractivity contribution in [2.24, 2.45) is 4.99 Å². The summed E-state index contributed by atoms with van der Waals surface area (Å²) in [5, 5.41) is 6.47. The van der Waals surface area contributed by atoms with Crippen LogP contribution >= 0.6 is 24.0 Å². The lowest BCUT2D eigenvalue weighted by atomic mass is 10.2. The molecule has 0 bridgehead atoms. The Kier molecular flexibility index (Phi) is 13.1. The molecule has 28 heavy (non-hydrogen) atoms. The van der Waals surface area contributed by atoms with Crippen LogP contribution in [-0.2, 0) is 11.3 Å². The lowest BCUT2D eigenvalue weighted by molar-refractivity contribution is -0.0504. The van der Waals surface area contributed by atoms with Gasteiger partial charge < -0.3 is 20.1 Å². The smallest absolute Gasteiger partial charge is 0.387 e. The molecule has 2 rings (SSSR count). The number of alkyl halides is 2. The maximum absolute atomic E-state index is 12.5. The SMILES string of the molecule is CCNC(=NCc1ccccc1OC(F)F)NCCCCN1CCOCC1.I. The third kappa shape index (κ3) is 9.83. The first kappa shape index (κ1) is 24.8. The van der Waals surface area contributed by atoms with Crippen LogP contribution in [0.5, 0.6) is 5.75 Å². The van der Waals surface area contributed by atoms with Crippen molar-refractivity contribution >= 4 is 29.9 Å². The van der Waals surface area contributed by atoms with E-state index < -0.39 is 6.61 Å². The Morgan fingerprint density at radius 1 is 1.21 bits per heavy atom. The van der Waals surface area contributed by atoms with Gasteiger partial charge in [0.15, 0.2) is 5.96 Å². The van der Waals surface area contributed by atoms with Gasteiger partial charge in [0.25, 0.3) is 0 Å². The van der Waals surface area contributed by atoms with E-state index in [1.165, 1.54) is 6.07 Å². The normalized spacial score (nSPS) is 15.2. The zero-order chi connectivity index (χ0) is 19.3. The lowest BCUT2D eigenvalue weighted by Crippen LogP contribution is -2.39. The molecule has 0 aliphatic carbocycles. The Morgan fingerprint density at radius 2 is 1.96 bits per heavy atom. The number of unbranched alkanes of at least 4 members (excludes halogenated alkanes) is 1. The Morgan fingerprint density at radius 3 is 2.68 bits per heavy atom. The Balaban J connectivity index is 0.00000392. The van der Waals surface area contributed by atoms with Gasteiger partial charge in [-0.3, -0.25) is 4.90 Å². The van der Waals surface area contributed by atoms with Gasteiger partial charge in [0, 0.05) is 31.7 Å². The van der Waals surface area contributed by atoms with E-state index in [4.69, 9.17) is 4.74 Å². The molecule has 1 fully saturated rings. The minimum Gasteiger partial charge on any atom is -0.434 e. The van der Waals surface area contributed by atoms with Crippen molar-refractivity contribution in [1.29, 1.82) is 0 Å². The van der Waals surface area contributed by atoms with Crippen LogP contribution in [-0.4, -0.2) is 63.4 Å². The van der Waals surface area contributed by atoms with Crippen LogP contribution in [0, 0.1) is 0 Å². The number of guanidine groups is 1. The van der Waals surface area contributed by atoms with Gasteiger partial charge in [-0.15, -0.1) is 24.0 Å². The van der Waals surface area contributed by atoms with Crippen molar-refractivity contribution in [3.8, 4) is 5.75 Å². The van der Waals surface area contributed by atoms with Gasteiger partial charge in [-0.05, 0) is 32.4 Å². The van der Waals surface area contributed by atoms with E-state index in [9.17, 15) is 8.78 Å². The highest BCUT2D eigenvalue weighted by molar-refractivity contribution is 14.0. The van der Waals surface area contributed by atoms with Gasteiger partial charge in [-0.1, -0.05) is 18.2 Å². The minimum absolute atomic E-state index is 0. The van der Waals surface area contributed by atoms with Crippen molar-refractivity contribution < 1.29 is 18.3 Å². The molecule has 1 aliphatic heterocycles. The highest BCUT2D eigenvalue weighted by Gasteiger charge is 2.10. The first-order chi connectivity index (χ1) is 13.2. The molecule has 0 radical (unpaired) electrons. The first-order valence-electron chi connectivity index (χ1n) is 9.54. The van der Waals surface area contributed by atoms with E-state index in [2.05, 4.69) is 25.3 Å². The monoisotopic (exact) mass is 512 g/mol. The van der Waals surface area contributed by atoms with Gasteiger partial charge in [-0.2, -0.15) is 8.78 Å². The van der Waals surface area contributed by atoms with Crippen molar-refractivity contribution in [3.63, 3.8) is 0 Å². The fraction of sp³-hybridized carbons (Fsp3) is 0.632. The third-order valence-electron chi connectivity index (χ3n) is 4.24. The number of ether oxygens (including phenoxy) is 2. The molecule has 0 saturated carbocycles. The van der Waals surface area contributed by atoms with Crippen LogP contribution in [0.25, 0.3) is 0 Å². The number of morpholine rings is 1. The van der Waals surface area contributed by atoms with Crippen molar-refractivity contribution in [3.05, 3.63) is 29.8 Å². The number of para-hydroxylation sites is 1. The summed E-state index contributed by atoms with van der Waals surface area (Å²) >= 11 is 0. The maximum atomic E-state index is 12.5. The average Bonchev–Trinajstić information content (AvgIpc) is 2.67. The average molecular weight is 512 g/mol. The van der Waals surface area contributed by atoms with E-state index in [0.717, 1.165) is 58.8 Å². The van der Waals surface area contributed by atoms with Gasteiger partial charge in [-0.25, -0.2) is 4.99 Å². The molecule has 1 saturated heterocycles. The second kappa shape index (κ2) is 14.7. The number of benzene rings is 1. The summed E-state index contributed by atoms with van der Waals surface area (Å²) in [6.07, 6.45) is 2.14. The van der Waals surface area contributed by atoms with Gasteiger partial charge in [0.2, 0.25) is 0 Å². The molecule has 6 nitrogen and oxygen atoms in total. The van der Waals surface area contributed by atoms with E-state index in [1.54, 1.807) is 18.2 Å². The lowest BCUT2D eigenvalue weighted by Gasteiger charge is -2.26. The largest absolute Gasteiger partial charge is 0.434 e. The summed E-state index contributed by atoms with van der Waals surface area (Å²) in [7, 11) is 0. The number of nitrogens with zero attached hydrogens (tertiary/aromatic N) is 2. The molecule has 1 aromatic carbocycles. The van der Waals surface area contributed by atoms with Crippen molar-refractivity contribution in [2.45, 2.75) is 32.9 Å². The van der Waals surface area contributed by atoms with Crippen LogP contribution in [0.1, 0.15) is 25.3 Å². The summed E-state index contributed by atoms with van der Waals surface area (Å²) in [5.41, 5.74) is 0.627. The topological polar surface area (TPSA) is 58.1 Å². The van der Waals surface area contributed by atoms with Crippen LogP contribution in [0.4, 0.5) is 8.78 Å². The molecule has 0 amide bonds. The van der Waals surface area contributed by atoms with E-state index in [1.807, 2.05) is 6.92 Å². The van der Waals surface area contributed by atoms with E-state index >= 15 is 0 Å². The van der Waals surface area contributed by atoms with Crippen LogP contribution in [0.3, 0.4) is 0 Å². The third-order valence-corrected chi connectivity index (χ3v) is 4.24. The van der Waals surface area contributed by atoms with E-state index in [-0.39, 0.29) is 36.3 Å². The van der Waals surface area contributed by atoms with E-state index in [0.29, 0.717) is 11.5 Å². The number of aliphatic imine (C=N–C) groups is 1. The molecule has 0 spiro atoms. The molecular formula is C19H31F2IN4O2. The number of hydrogen-bond donors (Lipinski definition) is 2. The standard InChI is InChI=1S/C19H30F2N4O2.HI/c1-2-22-19(23-9-5-6-10-25-11-13-26-14-12-25)24-15-16-7-3-4-8-17(16)27-18(20)21;/h3-4,7-8,18H,2,5-6,9-15H2,1H3,(H2,22,23,24);1H. The number of rotatable bonds is 10. The predicted molar refractivity (Wildman–Crippen MR) is 118 cm³/mol. The van der Waals surface area contributed by atoms with Gasteiger partial charge >= 0.3 is 6.61 Å². The fourth-order valence-corrected chi connectivity index (χ4v) is 2.84. The molecular weight excluding hydrogens is 481 g/mol. The number of halogens is 3. The summed E-state index contributed by atoms with van der Waals surface area (Å²) in [6, 6.07) is 6.73. The van der Waals surface area contributed by atoms with Crippen LogP contribution < -0.4 is 15.4 Å². The number of nitrogens with one attached hydrogen (secondary N) is 2. The summed E-state index contributed by atoms with van der Waals surface area (Å²) < 4.78 is 34.9. The molecule has 1 heterocycles. The summed E-state index contributed by atoms with van der Waals surface area (Å²) in [4.78, 5) is 6.90. The highest BCUT2D eigenvalue weighted by Crippen LogP contribution is 2.20. The molecule has 160 valence electrons. The first-order valence-corrected chi connectivity index (χ1v) is 9.54. The Labute approximate surface area is 183 Å². The van der Waals surface area contributed by atoms with Gasteiger partial charge in [0.05, 0.1) is 19.8 Å². The molecule has 1 aromatic rings. The molecule has 0 aromatic heterocycles. The second-order valence-corrected chi connectivity index (χ2v) is 6.27. The Bertz CT molecular complexity index is 573. The van der Waals surface area contributed by atoms with Crippen LogP contribution in [0.2, 0.25) is 0 Å². The quantitative estimate of drug-likeness (QED) is 0.219. The van der Waals surface area contributed by atoms with Crippen LogP contribution in [0.15, 0.2) is 29.3 Å². The zero-order valence-electron chi connectivity index (χ0n) is 16.3. The molecule has 0 unspecified atom stereocenters. The second-order valence-electron chi connectivity index (χ2n) is 6.27. The highest BCUT2D eigenvalue weighted by atomic mass is 127. The molecule has 0 atom stereocenters. The molecule has 9 heteroatoms. The minimum atomic E-state index is -2.84. The van der Waals surface area contributed by atoms with Crippen molar-refractivity contribution in [2.75, 3.05) is 45.9 Å². The fourth-order valence-electron chi connectivity index (χ4n) is 2.84. The zero-order valence-corrected chi connectivity index (χ0v) is 18.7. The van der Waals surface area contributed by atoms with Crippen molar-refractivity contribution in [1.82, 2.24) is 15.5 Å².